The molecule has 2 aliphatic rings. The van der Waals surface area contributed by atoms with Crippen LogP contribution in [0.25, 0.3) is 17.2 Å². The summed E-state index contributed by atoms with van der Waals surface area (Å²) >= 11 is 0. The Hall–Kier alpha value is -1.60. The highest BCUT2D eigenvalue weighted by Gasteiger charge is 2.21. The summed E-state index contributed by atoms with van der Waals surface area (Å²) < 4.78 is 0. The van der Waals surface area contributed by atoms with Crippen molar-refractivity contribution in [2.75, 3.05) is 0 Å². The van der Waals surface area contributed by atoms with Crippen LogP contribution in [0.5, 0.6) is 0 Å². The monoisotopic (exact) mass is 373 g/mol. The molecule has 0 spiro atoms. The lowest BCUT2D eigenvalue weighted by Crippen LogP contribution is -2.37. The third-order valence-electron chi connectivity index (χ3n) is 6.37. The van der Waals surface area contributed by atoms with Crippen molar-refractivity contribution in [2.45, 2.75) is 64.6 Å². The molecule has 4 rings (SSSR count). The fourth-order valence-corrected chi connectivity index (χ4v) is 5.88. The second-order valence-electron chi connectivity index (χ2n) is 9.56. The molecule has 0 aliphatic heterocycles. The van der Waals surface area contributed by atoms with Crippen LogP contribution in [0.4, 0.5) is 0 Å². The normalized spacial score (nSPS) is 18.1. The molecule has 2 aromatic carbocycles. The summed E-state index contributed by atoms with van der Waals surface area (Å²) in [6.45, 7) is 7.25. The molecule has 0 atom stereocenters. The van der Waals surface area contributed by atoms with Crippen molar-refractivity contribution in [3.8, 4) is 11.1 Å². The maximum atomic E-state index is 2.47. The second-order valence-corrected chi connectivity index (χ2v) is 14.6. The minimum Gasteiger partial charge on any atom is -0.0656 e. The van der Waals surface area contributed by atoms with Crippen molar-refractivity contribution < 1.29 is 0 Å². The van der Waals surface area contributed by atoms with Crippen molar-refractivity contribution in [3.05, 3.63) is 65.6 Å². The van der Waals surface area contributed by atoms with Crippen molar-refractivity contribution in [1.29, 1.82) is 0 Å². The van der Waals surface area contributed by atoms with Gasteiger partial charge in [0.1, 0.15) is 0 Å². The smallest absolute Gasteiger partial charge is 0.0656 e. The van der Waals surface area contributed by atoms with Crippen molar-refractivity contribution in [2.24, 2.45) is 5.92 Å². The van der Waals surface area contributed by atoms with Gasteiger partial charge in [-0.15, -0.1) is 0 Å². The average Bonchev–Trinajstić information content (AvgIpc) is 2.88. The Morgan fingerprint density at radius 1 is 0.852 bits per heavy atom. The topological polar surface area (TPSA) is 0 Å². The van der Waals surface area contributed by atoms with E-state index in [9.17, 15) is 0 Å². The molecule has 0 amide bonds. The molecule has 0 heterocycles. The Morgan fingerprint density at radius 3 is 2.22 bits per heavy atom. The van der Waals surface area contributed by atoms with Gasteiger partial charge in [0.2, 0.25) is 0 Å². The van der Waals surface area contributed by atoms with E-state index in [-0.39, 0.29) is 0 Å². The standard InChI is InChI=1S/C26H33Si/c1-27(2,3)24-15-13-22(14-16-24)25-12-8-11-23-18-21(19-26(23)25)17-20-9-6-4-5-7-10-20/h8,11-16,18-20H,4-7,9-10,17H2,1-3H3. The van der Waals surface area contributed by atoms with Gasteiger partial charge in [-0.3, -0.25) is 0 Å². The quantitative estimate of drug-likeness (QED) is 0.392. The molecule has 2 aromatic rings. The van der Waals surface area contributed by atoms with E-state index in [1.54, 1.807) is 5.57 Å². The molecule has 0 unspecified atom stereocenters. The van der Waals surface area contributed by atoms with Gasteiger partial charge in [0.15, 0.2) is 0 Å². The Bertz CT molecular complexity index is 812. The minimum absolute atomic E-state index is 0.892. The Kier molecular flexibility index (Phi) is 5.41. The van der Waals surface area contributed by atoms with Gasteiger partial charge in [-0.2, -0.15) is 0 Å². The van der Waals surface area contributed by atoms with Crippen molar-refractivity contribution >= 4 is 19.3 Å². The zero-order valence-corrected chi connectivity index (χ0v) is 18.2. The van der Waals surface area contributed by atoms with Gasteiger partial charge in [-0.25, -0.2) is 0 Å². The van der Waals surface area contributed by atoms with E-state index in [4.69, 9.17) is 0 Å². The minimum atomic E-state index is -1.24. The number of allylic oxidation sites excluding steroid dienone is 1. The van der Waals surface area contributed by atoms with Crippen LogP contribution in [0.3, 0.4) is 0 Å². The lowest BCUT2D eigenvalue weighted by Gasteiger charge is -2.17. The zero-order valence-electron chi connectivity index (χ0n) is 17.2. The highest BCUT2D eigenvalue weighted by atomic mass is 28.3. The van der Waals surface area contributed by atoms with E-state index in [1.165, 1.54) is 72.4 Å². The molecule has 1 saturated carbocycles. The summed E-state index contributed by atoms with van der Waals surface area (Å²) in [5.74, 6) is 0.892. The summed E-state index contributed by atoms with van der Waals surface area (Å²) in [7, 11) is -1.24. The van der Waals surface area contributed by atoms with Gasteiger partial charge in [-0.1, -0.05) is 117 Å². The fraction of sp³-hybridized carbons (Fsp3) is 0.423. The SMILES string of the molecule is C[Si](C)(C)c1ccc(-c2cccc3c2C=C(CC2CCCCCC2)[CH]3)cc1. The molecular weight excluding hydrogens is 340 g/mol. The van der Waals surface area contributed by atoms with E-state index in [0.29, 0.717) is 0 Å². The third kappa shape index (κ3) is 4.29. The molecule has 0 bridgehead atoms. The molecule has 0 nitrogen and oxygen atoms in total. The van der Waals surface area contributed by atoms with E-state index >= 15 is 0 Å². The molecule has 141 valence electrons. The van der Waals surface area contributed by atoms with Crippen LogP contribution < -0.4 is 5.19 Å². The molecule has 0 N–H and O–H groups in total. The first-order valence-corrected chi connectivity index (χ1v) is 14.3. The van der Waals surface area contributed by atoms with Crippen LogP contribution in [0.1, 0.15) is 56.1 Å². The van der Waals surface area contributed by atoms with Gasteiger partial charge in [-0.05, 0) is 34.6 Å². The number of hydrogen-bond acceptors (Lipinski definition) is 0. The van der Waals surface area contributed by atoms with Crippen molar-refractivity contribution in [3.63, 3.8) is 0 Å². The summed E-state index contributed by atoms with van der Waals surface area (Å²) in [6, 6.07) is 16.2. The second kappa shape index (κ2) is 7.79. The van der Waals surface area contributed by atoms with E-state index in [2.05, 4.69) is 74.6 Å². The molecule has 0 saturated heterocycles. The van der Waals surface area contributed by atoms with Crippen LogP contribution in [0.15, 0.2) is 48.0 Å². The molecule has 27 heavy (non-hydrogen) atoms. The maximum absolute atomic E-state index is 2.47. The number of benzene rings is 2. The van der Waals surface area contributed by atoms with Gasteiger partial charge < -0.3 is 0 Å². The highest BCUT2D eigenvalue weighted by Crippen LogP contribution is 2.39. The van der Waals surface area contributed by atoms with Crippen LogP contribution in [-0.2, 0) is 0 Å². The maximum Gasteiger partial charge on any atom is 0.0775 e. The largest absolute Gasteiger partial charge is 0.0775 e. The van der Waals surface area contributed by atoms with Gasteiger partial charge in [0.05, 0.1) is 8.07 Å². The molecular formula is C26H33Si. The Balaban J connectivity index is 1.57. The van der Waals surface area contributed by atoms with E-state index < -0.39 is 8.07 Å². The van der Waals surface area contributed by atoms with Crippen LogP contribution >= 0.6 is 0 Å². The first-order valence-electron chi connectivity index (χ1n) is 10.8. The molecule has 1 heteroatoms. The molecule has 2 aliphatic carbocycles. The van der Waals surface area contributed by atoms with Gasteiger partial charge >= 0.3 is 0 Å². The van der Waals surface area contributed by atoms with Crippen LogP contribution in [-0.4, -0.2) is 8.07 Å². The summed E-state index contributed by atoms with van der Waals surface area (Å²) in [5.41, 5.74) is 7.13. The zero-order chi connectivity index (χ0) is 18.9. The van der Waals surface area contributed by atoms with Gasteiger partial charge in [0.25, 0.3) is 0 Å². The lowest BCUT2D eigenvalue weighted by atomic mass is 9.92. The highest BCUT2D eigenvalue weighted by molar-refractivity contribution is 6.88. The summed E-state index contributed by atoms with van der Waals surface area (Å²) in [5, 5.41) is 1.54. The number of fused-ring (bicyclic) bond motifs is 1. The Morgan fingerprint density at radius 2 is 1.56 bits per heavy atom. The van der Waals surface area contributed by atoms with Crippen LogP contribution in [0.2, 0.25) is 19.6 Å². The van der Waals surface area contributed by atoms with Crippen LogP contribution in [0, 0.1) is 12.3 Å². The number of rotatable bonds is 4. The van der Waals surface area contributed by atoms with Crippen molar-refractivity contribution in [1.82, 2.24) is 0 Å². The molecule has 1 radical (unpaired) electrons. The first-order chi connectivity index (χ1) is 13.0. The van der Waals surface area contributed by atoms with E-state index in [0.717, 1.165) is 5.92 Å². The summed E-state index contributed by atoms with van der Waals surface area (Å²) in [4.78, 5) is 0. The molecule has 1 fully saturated rings. The number of hydrogen-bond donors (Lipinski definition) is 0. The van der Waals surface area contributed by atoms with E-state index in [1.807, 2.05) is 0 Å². The molecule has 0 aromatic heterocycles. The predicted molar refractivity (Wildman–Crippen MR) is 122 cm³/mol. The summed E-state index contributed by atoms with van der Waals surface area (Å²) in [6.07, 6.45) is 14.8. The predicted octanol–water partition coefficient (Wildman–Crippen LogP) is 7.21. The first kappa shape index (κ1) is 18.7. The average molecular weight is 374 g/mol. The third-order valence-corrected chi connectivity index (χ3v) is 8.44. The Labute approximate surface area is 166 Å². The lowest BCUT2D eigenvalue weighted by molar-refractivity contribution is 0.459. The van der Waals surface area contributed by atoms with Gasteiger partial charge in [0, 0.05) is 6.42 Å². The fourth-order valence-electron chi connectivity index (χ4n) is 4.72.